The maximum absolute atomic E-state index is 13.4. The second-order valence-electron chi connectivity index (χ2n) is 12.6. The van der Waals surface area contributed by atoms with E-state index in [4.69, 9.17) is 14.2 Å². The molecule has 0 unspecified atom stereocenters. The van der Waals surface area contributed by atoms with Crippen LogP contribution in [-0.4, -0.2) is 119 Å². The highest BCUT2D eigenvalue weighted by Gasteiger charge is 2.45. The van der Waals surface area contributed by atoms with Gasteiger partial charge in [0.2, 0.25) is 25.9 Å². The SMILES string of the molecule is CN1CCOc2ncc(S(=O)(=O)N3CCC4(CC3)C[C@@H](NC[C@H](O)COc3cccc(S(=O)(=O)N[C@H]5CCC[C@@H]5O)c3)CO4)cc21. The summed E-state index contributed by atoms with van der Waals surface area (Å²) in [6.45, 7) is 2.48. The van der Waals surface area contributed by atoms with Gasteiger partial charge in [0.15, 0.2) is 0 Å². The molecular weight excluding hydrogens is 638 g/mol. The third-order valence-electron chi connectivity index (χ3n) is 9.35. The zero-order valence-electron chi connectivity index (χ0n) is 25.9. The summed E-state index contributed by atoms with van der Waals surface area (Å²) in [6.07, 6.45) is 3.55. The summed E-state index contributed by atoms with van der Waals surface area (Å²) in [5.74, 6) is 0.749. The predicted molar refractivity (Wildman–Crippen MR) is 168 cm³/mol. The molecule has 6 rings (SSSR count). The van der Waals surface area contributed by atoms with E-state index in [1.807, 2.05) is 11.9 Å². The number of hydrogen-bond acceptors (Lipinski definition) is 12. The summed E-state index contributed by atoms with van der Waals surface area (Å²) in [5, 5.41) is 23.9. The van der Waals surface area contributed by atoms with E-state index >= 15 is 0 Å². The van der Waals surface area contributed by atoms with Gasteiger partial charge in [0.05, 0.1) is 35.9 Å². The zero-order chi connectivity index (χ0) is 32.5. The number of hydrogen-bond donors (Lipinski definition) is 4. The highest BCUT2D eigenvalue weighted by Crippen LogP contribution is 2.38. The van der Waals surface area contributed by atoms with Gasteiger partial charge in [-0.25, -0.2) is 26.5 Å². The van der Waals surface area contributed by atoms with Gasteiger partial charge in [0, 0.05) is 44.8 Å². The lowest BCUT2D eigenvalue weighted by Gasteiger charge is -2.38. The molecule has 16 heteroatoms. The standard InChI is InChI=1S/C30H43N5O9S2/c1-34-12-13-42-29-27(34)15-25(18-32-29)46(40,41)35-10-8-30(9-11-35)16-21(19-44-30)31-17-22(36)20-43-23-4-2-5-24(14-23)45(38,39)33-26-6-3-7-28(26)37/h2,4-5,14-15,18,21-22,26,28,31,33,36-37H,3,6-13,16-17,19-20H2,1H3/t21-,22+,26+,28+/m1/s1. The molecule has 1 aromatic heterocycles. The van der Waals surface area contributed by atoms with Gasteiger partial charge < -0.3 is 34.6 Å². The highest BCUT2D eigenvalue weighted by molar-refractivity contribution is 7.89. The summed E-state index contributed by atoms with van der Waals surface area (Å²) in [7, 11) is -5.67. The maximum Gasteiger partial charge on any atom is 0.244 e. The highest BCUT2D eigenvalue weighted by atomic mass is 32.2. The summed E-state index contributed by atoms with van der Waals surface area (Å²) < 4.78 is 74.0. The number of piperidine rings is 1. The van der Waals surface area contributed by atoms with Crippen molar-refractivity contribution in [3.63, 3.8) is 0 Å². The molecule has 46 heavy (non-hydrogen) atoms. The Morgan fingerprint density at radius 1 is 1.13 bits per heavy atom. The van der Waals surface area contributed by atoms with Crippen LogP contribution in [0.2, 0.25) is 0 Å². The van der Waals surface area contributed by atoms with Gasteiger partial charge >= 0.3 is 0 Å². The number of fused-ring (bicyclic) bond motifs is 1. The van der Waals surface area contributed by atoms with Gasteiger partial charge in [0.25, 0.3) is 0 Å². The van der Waals surface area contributed by atoms with Crippen LogP contribution in [0.25, 0.3) is 0 Å². The number of aromatic nitrogens is 1. The molecule has 4 atom stereocenters. The van der Waals surface area contributed by atoms with Crippen LogP contribution >= 0.6 is 0 Å². The lowest BCUT2D eigenvalue weighted by Crippen LogP contribution is -2.47. The van der Waals surface area contributed by atoms with Crippen molar-refractivity contribution in [3.05, 3.63) is 36.5 Å². The smallest absolute Gasteiger partial charge is 0.244 e. The number of benzene rings is 1. The fourth-order valence-corrected chi connectivity index (χ4v) is 9.33. The van der Waals surface area contributed by atoms with Gasteiger partial charge in [-0.15, -0.1) is 0 Å². The fourth-order valence-electron chi connectivity index (χ4n) is 6.59. The lowest BCUT2D eigenvalue weighted by atomic mass is 9.88. The number of nitrogens with one attached hydrogen (secondary N) is 2. The molecule has 2 saturated heterocycles. The van der Waals surface area contributed by atoms with E-state index in [1.165, 1.54) is 22.6 Å². The summed E-state index contributed by atoms with van der Waals surface area (Å²) >= 11 is 0. The molecule has 2 aromatic rings. The number of aliphatic hydroxyl groups excluding tert-OH is 2. The van der Waals surface area contributed by atoms with Gasteiger partial charge in [-0.3, -0.25) is 0 Å². The zero-order valence-corrected chi connectivity index (χ0v) is 27.5. The van der Waals surface area contributed by atoms with Crippen LogP contribution in [-0.2, 0) is 24.8 Å². The number of sulfonamides is 2. The van der Waals surface area contributed by atoms with Crippen molar-refractivity contribution in [1.82, 2.24) is 19.3 Å². The van der Waals surface area contributed by atoms with Crippen molar-refractivity contribution in [1.29, 1.82) is 0 Å². The minimum atomic E-state index is -3.83. The van der Waals surface area contributed by atoms with E-state index in [0.29, 0.717) is 82.3 Å². The molecule has 3 aliphatic heterocycles. The first kappa shape index (κ1) is 33.3. The lowest BCUT2D eigenvalue weighted by molar-refractivity contribution is -0.0312. The monoisotopic (exact) mass is 681 g/mol. The first-order valence-electron chi connectivity index (χ1n) is 15.8. The van der Waals surface area contributed by atoms with Crippen molar-refractivity contribution in [2.45, 2.75) is 78.2 Å². The van der Waals surface area contributed by atoms with Gasteiger partial charge in [-0.2, -0.15) is 4.31 Å². The van der Waals surface area contributed by atoms with E-state index in [-0.39, 0.29) is 29.0 Å². The summed E-state index contributed by atoms with van der Waals surface area (Å²) in [4.78, 5) is 6.36. The quantitative estimate of drug-likeness (QED) is 0.258. The van der Waals surface area contributed by atoms with E-state index in [2.05, 4.69) is 15.0 Å². The van der Waals surface area contributed by atoms with E-state index in [0.717, 1.165) is 6.42 Å². The van der Waals surface area contributed by atoms with Crippen LogP contribution in [0.15, 0.2) is 46.3 Å². The van der Waals surface area contributed by atoms with Crippen molar-refractivity contribution < 1.29 is 41.3 Å². The molecule has 254 valence electrons. The number of likely N-dealkylation sites (N-methyl/N-ethyl adjacent to an activating group) is 1. The number of aliphatic hydroxyl groups is 2. The average molecular weight is 682 g/mol. The first-order valence-corrected chi connectivity index (χ1v) is 18.7. The fraction of sp³-hybridized carbons (Fsp3) is 0.633. The van der Waals surface area contributed by atoms with Crippen LogP contribution < -0.4 is 24.4 Å². The number of nitrogens with zero attached hydrogens (tertiary/aromatic N) is 3. The maximum atomic E-state index is 13.4. The molecule has 3 fully saturated rings. The number of rotatable bonds is 11. The van der Waals surface area contributed by atoms with Crippen LogP contribution in [0.5, 0.6) is 11.6 Å². The topological polar surface area (TPSA) is 180 Å². The Bertz CT molecular complexity index is 1600. The molecule has 4 N–H and O–H groups in total. The van der Waals surface area contributed by atoms with E-state index in [1.54, 1.807) is 18.2 Å². The molecule has 0 bridgehead atoms. The van der Waals surface area contributed by atoms with Crippen LogP contribution in [0.4, 0.5) is 5.69 Å². The molecule has 14 nitrogen and oxygen atoms in total. The Morgan fingerprint density at radius 2 is 1.93 bits per heavy atom. The molecule has 4 heterocycles. The normalized spacial score (nSPS) is 25.7. The summed E-state index contributed by atoms with van der Waals surface area (Å²) in [6, 6.07) is 7.17. The van der Waals surface area contributed by atoms with E-state index in [9.17, 15) is 27.0 Å². The van der Waals surface area contributed by atoms with Crippen molar-refractivity contribution in [2.24, 2.45) is 0 Å². The largest absolute Gasteiger partial charge is 0.491 e. The molecule has 1 saturated carbocycles. The van der Waals surface area contributed by atoms with Crippen molar-refractivity contribution in [2.75, 3.05) is 57.9 Å². The second-order valence-corrected chi connectivity index (χ2v) is 16.3. The number of anilines is 1. The van der Waals surface area contributed by atoms with Crippen molar-refractivity contribution >= 4 is 25.7 Å². The van der Waals surface area contributed by atoms with E-state index < -0.39 is 43.9 Å². The third-order valence-corrected chi connectivity index (χ3v) is 12.7. The second kappa shape index (κ2) is 13.5. The predicted octanol–water partition coefficient (Wildman–Crippen LogP) is 0.444. The van der Waals surface area contributed by atoms with Crippen LogP contribution in [0.3, 0.4) is 0 Å². The van der Waals surface area contributed by atoms with Crippen molar-refractivity contribution in [3.8, 4) is 11.6 Å². The Hall–Kier alpha value is -2.57. The molecule has 1 aliphatic carbocycles. The molecule has 1 aromatic carbocycles. The molecule has 1 spiro atoms. The Kier molecular flexibility index (Phi) is 9.79. The van der Waals surface area contributed by atoms with Crippen LogP contribution in [0.1, 0.15) is 38.5 Å². The number of pyridine rings is 1. The molecule has 4 aliphatic rings. The van der Waals surface area contributed by atoms with Gasteiger partial charge in [-0.05, 0) is 56.7 Å². The third kappa shape index (κ3) is 7.28. The Morgan fingerprint density at radius 3 is 2.70 bits per heavy atom. The molecular formula is C30H43N5O9S2. The minimum absolute atomic E-state index is 0.0105. The minimum Gasteiger partial charge on any atom is -0.491 e. The van der Waals surface area contributed by atoms with Gasteiger partial charge in [0.1, 0.15) is 35.7 Å². The summed E-state index contributed by atoms with van der Waals surface area (Å²) in [5.41, 5.74) is 0.234. The average Bonchev–Trinajstić information content (AvgIpc) is 3.64. The molecule has 0 radical (unpaired) electrons. The Labute approximate surface area is 270 Å². The Balaban J connectivity index is 0.954. The first-order chi connectivity index (χ1) is 21.9. The molecule has 0 amide bonds. The van der Waals surface area contributed by atoms with Gasteiger partial charge in [-0.1, -0.05) is 6.07 Å². The number of ether oxygens (including phenoxy) is 3. The van der Waals surface area contributed by atoms with Crippen LogP contribution in [0, 0.1) is 0 Å².